The van der Waals surface area contributed by atoms with Crippen molar-refractivity contribution >= 4 is 28.5 Å². The van der Waals surface area contributed by atoms with Crippen LogP contribution in [-0.2, 0) is 42.2 Å². The first-order valence-corrected chi connectivity index (χ1v) is 9.37. The fourth-order valence-electron chi connectivity index (χ4n) is 0.797. The highest BCUT2D eigenvalue weighted by atomic mass is 32.2. The molecule has 0 aliphatic carbocycles. The first-order valence-electron chi connectivity index (χ1n) is 5.12. The van der Waals surface area contributed by atoms with Crippen molar-refractivity contribution in [2.75, 3.05) is 25.1 Å². The Morgan fingerprint density at radius 2 is 1.00 bits per heavy atom. The van der Waals surface area contributed by atoms with E-state index < -0.39 is 65.9 Å². The molecule has 0 aliphatic rings. The minimum Gasteiger partial charge on any atom is -0.236 e. The minimum atomic E-state index is -5.10. The molecule has 0 aliphatic heterocycles. The Morgan fingerprint density at radius 1 is 0.708 bits per heavy atom. The van der Waals surface area contributed by atoms with Gasteiger partial charge in [-0.1, -0.05) is 9.05 Å². The van der Waals surface area contributed by atoms with Gasteiger partial charge in [0.15, 0.2) is 11.5 Å². The van der Waals surface area contributed by atoms with Crippen molar-refractivity contribution in [3.05, 3.63) is 0 Å². The van der Waals surface area contributed by atoms with E-state index in [1.807, 2.05) is 0 Å². The van der Waals surface area contributed by atoms with Gasteiger partial charge in [-0.25, -0.2) is 8.37 Å². The first kappa shape index (κ1) is 23.4. The summed E-state index contributed by atoms with van der Waals surface area (Å²) in [6.45, 7) is -2.97. The molecule has 0 N–H and O–H groups in total. The molecule has 0 aromatic heterocycles. The summed E-state index contributed by atoms with van der Waals surface area (Å²) in [5.41, 5.74) is 0. The predicted molar refractivity (Wildman–Crippen MR) is 61.4 cm³/mol. The molecule has 18 heteroatoms. The van der Waals surface area contributed by atoms with Gasteiger partial charge in [0.05, 0.1) is 0 Å². The average Bonchev–Trinajstić information content (AvgIpc) is 2.20. The van der Waals surface area contributed by atoms with Gasteiger partial charge >= 0.3 is 20.6 Å². The summed E-state index contributed by atoms with van der Waals surface area (Å²) >= 11 is 0. The molecule has 0 rings (SSSR count). The number of halogens is 6. The van der Waals surface area contributed by atoms with Crippen LogP contribution >= 0.6 is 8.25 Å². The lowest BCUT2D eigenvalue weighted by molar-refractivity contribution is -0.109. The summed E-state index contributed by atoms with van der Waals surface area (Å²) in [5, 5.41) is 0. The lowest BCUT2D eigenvalue weighted by Gasteiger charge is -2.06. The van der Waals surface area contributed by atoms with E-state index in [-0.39, 0.29) is 0 Å². The van der Waals surface area contributed by atoms with Crippen LogP contribution in [0.2, 0.25) is 0 Å². The van der Waals surface area contributed by atoms with Crippen LogP contribution in [0.4, 0.5) is 26.3 Å². The second kappa shape index (κ2) is 8.68. The zero-order valence-corrected chi connectivity index (χ0v) is 13.6. The summed E-state index contributed by atoms with van der Waals surface area (Å²) in [6.07, 6.45) is -10.2. The second-order valence-corrected chi connectivity index (χ2v) is 7.83. The van der Waals surface area contributed by atoms with Crippen molar-refractivity contribution in [1.29, 1.82) is 0 Å². The van der Waals surface area contributed by atoms with E-state index in [0.29, 0.717) is 0 Å². The van der Waals surface area contributed by atoms with E-state index >= 15 is 0 Å². The van der Waals surface area contributed by atoms with Crippen LogP contribution in [0.3, 0.4) is 0 Å². The van der Waals surface area contributed by atoms with Gasteiger partial charge in [-0.05, 0) is 0 Å². The van der Waals surface area contributed by atoms with Crippen LogP contribution in [-0.4, -0.2) is 54.3 Å². The monoisotopic (exact) mass is 433 g/mol. The molecule has 0 unspecified atom stereocenters. The van der Waals surface area contributed by atoms with E-state index in [1.165, 1.54) is 0 Å². The normalized spacial score (nSPS) is 13.9. The lowest BCUT2D eigenvalue weighted by Crippen LogP contribution is -2.25. The van der Waals surface area contributed by atoms with Gasteiger partial charge in [-0.15, -0.1) is 0 Å². The van der Waals surface area contributed by atoms with Crippen molar-refractivity contribution in [1.82, 2.24) is 0 Å². The predicted octanol–water partition coefficient (Wildman–Crippen LogP) is 1.41. The molecular formula is C6H8F6O9PS2+. The molecule has 0 heterocycles. The molecule has 0 aromatic rings. The highest BCUT2D eigenvalue weighted by Crippen LogP contribution is 2.25. The van der Waals surface area contributed by atoms with Crippen LogP contribution < -0.4 is 0 Å². The molecule has 0 spiro atoms. The van der Waals surface area contributed by atoms with E-state index in [9.17, 15) is 47.7 Å². The van der Waals surface area contributed by atoms with Crippen LogP contribution in [0.5, 0.6) is 0 Å². The number of hydrogen-bond donors (Lipinski definition) is 0. The summed E-state index contributed by atoms with van der Waals surface area (Å²) in [4.78, 5) is 0. The fourth-order valence-corrected chi connectivity index (χ4v) is 2.65. The summed E-state index contributed by atoms with van der Waals surface area (Å²) in [5.74, 6) is -4.69. The number of alkyl halides is 6. The van der Waals surface area contributed by atoms with E-state index in [2.05, 4.69) is 17.4 Å². The Morgan fingerprint density at radius 3 is 1.25 bits per heavy atom. The van der Waals surface area contributed by atoms with Gasteiger partial charge in [0, 0.05) is 4.57 Å². The van der Waals surface area contributed by atoms with Crippen LogP contribution in [0.1, 0.15) is 0 Å². The van der Waals surface area contributed by atoms with Crippen LogP contribution in [0.25, 0.3) is 0 Å². The van der Waals surface area contributed by atoms with Gasteiger partial charge in [0.1, 0.15) is 0 Å². The maximum atomic E-state index is 11.8. The maximum absolute atomic E-state index is 11.8. The van der Waals surface area contributed by atoms with E-state index in [4.69, 9.17) is 0 Å². The minimum absolute atomic E-state index is 1.48. The molecule has 0 saturated carbocycles. The van der Waals surface area contributed by atoms with Crippen molar-refractivity contribution in [3.63, 3.8) is 0 Å². The molecule has 9 nitrogen and oxygen atoms in total. The molecule has 0 bridgehead atoms. The van der Waals surface area contributed by atoms with Crippen molar-refractivity contribution in [3.8, 4) is 0 Å². The number of hydrogen-bond acceptors (Lipinski definition) is 9. The molecule has 0 amide bonds. The third-order valence-electron chi connectivity index (χ3n) is 1.45. The van der Waals surface area contributed by atoms with Crippen LogP contribution in [0, 0.1) is 0 Å². The third-order valence-corrected chi connectivity index (χ3v) is 4.36. The quantitative estimate of drug-likeness (QED) is 0.218. The Kier molecular flexibility index (Phi) is 8.47. The smallest absolute Gasteiger partial charge is 0.236 e. The Bertz CT molecular complexity index is 570. The van der Waals surface area contributed by atoms with Gasteiger partial charge < -0.3 is 0 Å². The summed E-state index contributed by atoms with van der Waals surface area (Å²) in [6, 6.07) is 0. The molecule has 0 aromatic carbocycles. The van der Waals surface area contributed by atoms with Crippen molar-refractivity contribution in [2.45, 2.75) is 12.4 Å². The number of rotatable bonds is 10. The van der Waals surface area contributed by atoms with Gasteiger partial charge in [0.2, 0.25) is 13.6 Å². The molecule has 0 radical (unpaired) electrons. The van der Waals surface area contributed by atoms with Gasteiger partial charge in [0.25, 0.3) is 20.2 Å². The van der Waals surface area contributed by atoms with Gasteiger partial charge in [-0.3, -0.25) is 0 Å². The molecular weight excluding hydrogens is 425 g/mol. The van der Waals surface area contributed by atoms with Crippen molar-refractivity contribution in [2.24, 2.45) is 0 Å². The maximum Gasteiger partial charge on any atom is 0.702 e. The van der Waals surface area contributed by atoms with Crippen LogP contribution in [0.15, 0.2) is 0 Å². The first-order chi connectivity index (χ1) is 10.5. The molecule has 0 fully saturated rings. The third kappa shape index (κ3) is 13.8. The highest BCUT2D eigenvalue weighted by molar-refractivity contribution is 7.87. The molecule has 144 valence electrons. The second-order valence-electron chi connectivity index (χ2n) is 3.59. The topological polar surface area (TPSA) is 122 Å². The standard InChI is InChI=1S/C6H8F6O9PS2/c7-5(8,9)1-23(14,15)20-3-18-22(13)19-4-21-24(16,17)2-6(10,11)12/h1-4H2/q+1. The summed E-state index contributed by atoms with van der Waals surface area (Å²) in [7, 11) is -13.5. The fraction of sp³-hybridized carbons (Fsp3) is 1.00. The molecule has 24 heavy (non-hydrogen) atoms. The Labute approximate surface area is 132 Å². The average molecular weight is 433 g/mol. The van der Waals surface area contributed by atoms with E-state index in [1.54, 1.807) is 0 Å². The van der Waals surface area contributed by atoms with Crippen molar-refractivity contribution < 1.29 is 65.2 Å². The van der Waals surface area contributed by atoms with Gasteiger partial charge in [-0.2, -0.15) is 43.2 Å². The largest absolute Gasteiger partial charge is 0.702 e. The summed E-state index contributed by atoms with van der Waals surface area (Å²) < 4.78 is 140. The zero-order valence-electron chi connectivity index (χ0n) is 11.0. The van der Waals surface area contributed by atoms with E-state index in [0.717, 1.165) is 0 Å². The molecule has 0 atom stereocenters. The Balaban J connectivity index is 4.13. The Hall–Kier alpha value is -0.580. The molecule has 0 saturated heterocycles. The zero-order chi connectivity index (χ0) is 19.2. The SMILES string of the molecule is O=[P+](OCOS(=O)(=O)CC(F)(F)F)OCOS(=O)(=O)CC(F)(F)F. The highest BCUT2D eigenvalue weighted by Gasteiger charge is 2.38. The lowest BCUT2D eigenvalue weighted by atomic mass is 10.8.